The van der Waals surface area contributed by atoms with Crippen molar-refractivity contribution < 1.29 is 4.79 Å². The van der Waals surface area contributed by atoms with E-state index in [9.17, 15) is 4.79 Å². The van der Waals surface area contributed by atoms with Crippen molar-refractivity contribution in [3.63, 3.8) is 0 Å². The van der Waals surface area contributed by atoms with Gasteiger partial charge in [-0.15, -0.1) is 10.2 Å². The molecule has 0 radical (unpaired) electrons. The Morgan fingerprint density at radius 2 is 2.24 bits per heavy atom. The maximum Gasteiger partial charge on any atom is 0.312 e. The van der Waals surface area contributed by atoms with Crippen LogP contribution in [0.15, 0.2) is 0 Å². The molecule has 1 aromatic rings. The molecule has 1 aliphatic rings. The number of hydrogen-bond acceptors (Lipinski definition) is 4. The number of urea groups is 1. The summed E-state index contributed by atoms with van der Waals surface area (Å²) in [5, 5.41) is 14.1. The average Bonchev–Trinajstić information content (AvgIpc) is 2.72. The van der Waals surface area contributed by atoms with Crippen LogP contribution >= 0.6 is 0 Å². The number of primary amides is 1. The summed E-state index contributed by atoms with van der Waals surface area (Å²) in [5.74, 6) is 2.06. The minimum atomic E-state index is -0.494. The quantitative estimate of drug-likeness (QED) is 0.595. The van der Waals surface area contributed by atoms with E-state index in [1.165, 1.54) is 12.8 Å². The van der Waals surface area contributed by atoms with Gasteiger partial charge in [0.15, 0.2) is 0 Å². The molecule has 7 heteroatoms. The second kappa shape index (κ2) is 5.62. The number of nitrogens with one attached hydrogen (secondary N) is 2. The summed E-state index contributed by atoms with van der Waals surface area (Å²) in [6.07, 6.45) is 3.42. The van der Waals surface area contributed by atoms with Gasteiger partial charge in [-0.1, -0.05) is 0 Å². The molecule has 0 saturated heterocycles. The number of nitrogens with two attached hydrogens (primary N) is 1. The molecule has 0 aromatic carbocycles. The van der Waals surface area contributed by atoms with Crippen molar-refractivity contribution in [3.05, 3.63) is 11.6 Å². The first-order valence-corrected chi connectivity index (χ1v) is 5.92. The van der Waals surface area contributed by atoms with E-state index in [0.717, 1.165) is 24.6 Å². The zero-order chi connectivity index (χ0) is 12.1. The van der Waals surface area contributed by atoms with Crippen LogP contribution in [-0.4, -0.2) is 33.9 Å². The van der Waals surface area contributed by atoms with Crippen LogP contribution < -0.4 is 16.4 Å². The van der Waals surface area contributed by atoms with Crippen LogP contribution in [0, 0.1) is 0 Å². The van der Waals surface area contributed by atoms with Crippen LogP contribution in [0.5, 0.6) is 0 Å². The van der Waals surface area contributed by atoms with E-state index in [-0.39, 0.29) is 0 Å². The molecule has 0 spiro atoms. The molecule has 0 atom stereocenters. The third-order valence-corrected chi connectivity index (χ3v) is 2.82. The molecular weight excluding hydrogens is 220 g/mol. The largest absolute Gasteiger partial charge is 0.352 e. The van der Waals surface area contributed by atoms with E-state index in [4.69, 9.17) is 5.73 Å². The van der Waals surface area contributed by atoms with Crippen molar-refractivity contribution in [2.75, 3.05) is 13.1 Å². The molecule has 0 fully saturated rings. The molecule has 17 heavy (non-hydrogen) atoms. The van der Waals surface area contributed by atoms with Gasteiger partial charge in [-0.05, 0) is 12.8 Å². The lowest BCUT2D eigenvalue weighted by molar-refractivity contribution is 0.249. The van der Waals surface area contributed by atoms with Gasteiger partial charge in [0.1, 0.15) is 11.6 Å². The Morgan fingerprint density at radius 1 is 1.35 bits per heavy atom. The highest BCUT2D eigenvalue weighted by Gasteiger charge is 2.14. The van der Waals surface area contributed by atoms with Crippen molar-refractivity contribution in [1.82, 2.24) is 25.4 Å². The van der Waals surface area contributed by atoms with Gasteiger partial charge in [0.25, 0.3) is 0 Å². The van der Waals surface area contributed by atoms with Gasteiger partial charge >= 0.3 is 6.03 Å². The van der Waals surface area contributed by atoms with Gasteiger partial charge in [-0.2, -0.15) is 0 Å². The summed E-state index contributed by atoms with van der Waals surface area (Å²) in [7, 11) is 0. The van der Waals surface area contributed by atoms with Crippen molar-refractivity contribution in [3.8, 4) is 0 Å². The Labute approximate surface area is 99.8 Å². The molecule has 1 aromatic heterocycles. The first kappa shape index (κ1) is 11.8. The molecule has 0 saturated carbocycles. The second-order valence-corrected chi connectivity index (χ2v) is 4.11. The lowest BCUT2D eigenvalue weighted by atomic mass is 10.2. The third-order valence-electron chi connectivity index (χ3n) is 2.82. The Kier molecular flexibility index (Phi) is 3.92. The molecule has 2 rings (SSSR count). The van der Waals surface area contributed by atoms with Gasteiger partial charge in [-0.25, -0.2) is 4.79 Å². The Morgan fingerprint density at radius 3 is 3.06 bits per heavy atom. The molecule has 0 bridgehead atoms. The topological polar surface area (TPSA) is 97.9 Å². The van der Waals surface area contributed by atoms with Crippen LogP contribution in [0.2, 0.25) is 0 Å². The lowest BCUT2D eigenvalue weighted by Gasteiger charge is -2.14. The highest BCUT2D eigenvalue weighted by Crippen LogP contribution is 2.13. The molecule has 2 heterocycles. The fourth-order valence-electron chi connectivity index (χ4n) is 1.97. The van der Waals surface area contributed by atoms with E-state index in [1.54, 1.807) is 0 Å². The summed E-state index contributed by atoms with van der Waals surface area (Å²) in [6.45, 7) is 2.88. The number of aryl methyl sites for hydroxylation is 1. The molecule has 0 unspecified atom stereocenters. The SMILES string of the molecule is NC(=O)NCCNCc1nnc2n1CCCC2. The van der Waals surface area contributed by atoms with E-state index in [1.807, 2.05) is 0 Å². The minimum absolute atomic E-state index is 0.494. The highest BCUT2D eigenvalue weighted by molar-refractivity contribution is 5.71. The summed E-state index contributed by atoms with van der Waals surface area (Å²) in [6, 6.07) is -0.494. The molecule has 1 aliphatic heterocycles. The summed E-state index contributed by atoms with van der Waals surface area (Å²) >= 11 is 0. The van der Waals surface area contributed by atoms with Crippen molar-refractivity contribution in [1.29, 1.82) is 0 Å². The van der Waals surface area contributed by atoms with Gasteiger partial charge in [0, 0.05) is 26.1 Å². The minimum Gasteiger partial charge on any atom is -0.352 e. The first-order valence-electron chi connectivity index (χ1n) is 5.92. The number of carbonyl (C=O) groups excluding carboxylic acids is 1. The van der Waals surface area contributed by atoms with Gasteiger partial charge in [-0.3, -0.25) is 0 Å². The van der Waals surface area contributed by atoms with Gasteiger partial charge in [0.2, 0.25) is 0 Å². The molecular formula is C10H18N6O. The number of hydrogen-bond donors (Lipinski definition) is 3. The standard InChI is InChI=1S/C10H18N6O/c11-10(17)13-5-4-12-7-9-15-14-8-3-1-2-6-16(8)9/h12H,1-7H2,(H3,11,13,17). The number of nitrogens with zero attached hydrogens (tertiary/aromatic N) is 3. The molecule has 4 N–H and O–H groups in total. The number of rotatable bonds is 5. The maximum absolute atomic E-state index is 10.4. The second-order valence-electron chi connectivity index (χ2n) is 4.11. The van der Waals surface area contributed by atoms with Crippen molar-refractivity contribution in [2.24, 2.45) is 5.73 Å². The lowest BCUT2D eigenvalue weighted by Crippen LogP contribution is -2.35. The van der Waals surface area contributed by atoms with Gasteiger partial charge in [0.05, 0.1) is 6.54 Å². The summed E-state index contributed by atoms with van der Waals surface area (Å²) < 4.78 is 2.18. The van der Waals surface area contributed by atoms with Crippen molar-refractivity contribution in [2.45, 2.75) is 32.4 Å². The fraction of sp³-hybridized carbons (Fsp3) is 0.700. The fourth-order valence-corrected chi connectivity index (χ4v) is 1.97. The predicted octanol–water partition coefficient (Wildman–Crippen LogP) is -0.628. The van der Waals surface area contributed by atoms with Crippen molar-refractivity contribution >= 4 is 6.03 Å². The van der Waals surface area contributed by atoms with Crippen LogP contribution in [0.3, 0.4) is 0 Å². The number of aromatic nitrogens is 3. The normalized spacial score (nSPS) is 14.4. The van der Waals surface area contributed by atoms with E-state index < -0.39 is 6.03 Å². The summed E-state index contributed by atoms with van der Waals surface area (Å²) in [5.41, 5.74) is 4.96. The molecule has 0 aliphatic carbocycles. The molecule has 2 amide bonds. The Hall–Kier alpha value is -1.63. The third kappa shape index (κ3) is 3.16. The Bertz CT molecular complexity index is 388. The van der Waals surface area contributed by atoms with Crippen LogP contribution in [0.25, 0.3) is 0 Å². The monoisotopic (exact) mass is 238 g/mol. The van der Waals surface area contributed by atoms with E-state index >= 15 is 0 Å². The van der Waals surface area contributed by atoms with Crippen LogP contribution in [-0.2, 0) is 19.5 Å². The summed E-state index contributed by atoms with van der Waals surface area (Å²) in [4.78, 5) is 10.4. The zero-order valence-electron chi connectivity index (χ0n) is 9.78. The average molecular weight is 238 g/mol. The smallest absolute Gasteiger partial charge is 0.312 e. The van der Waals surface area contributed by atoms with E-state index in [2.05, 4.69) is 25.4 Å². The molecule has 94 valence electrons. The van der Waals surface area contributed by atoms with Crippen LogP contribution in [0.1, 0.15) is 24.5 Å². The number of fused-ring (bicyclic) bond motifs is 1. The van der Waals surface area contributed by atoms with Crippen LogP contribution in [0.4, 0.5) is 4.79 Å². The number of amides is 2. The predicted molar refractivity (Wildman–Crippen MR) is 62.3 cm³/mol. The maximum atomic E-state index is 10.4. The molecule has 7 nitrogen and oxygen atoms in total. The first-order chi connectivity index (χ1) is 8.27. The zero-order valence-corrected chi connectivity index (χ0v) is 9.78. The Balaban J connectivity index is 1.75. The van der Waals surface area contributed by atoms with E-state index in [0.29, 0.717) is 19.6 Å². The number of carbonyl (C=O) groups is 1. The highest BCUT2D eigenvalue weighted by atomic mass is 16.2. The van der Waals surface area contributed by atoms with Gasteiger partial charge < -0.3 is 20.9 Å².